The summed E-state index contributed by atoms with van der Waals surface area (Å²) < 4.78 is 1.64. The van der Waals surface area contributed by atoms with Gasteiger partial charge in [0.2, 0.25) is 0 Å². The number of nitrogens with zero attached hydrogens (tertiary/aromatic N) is 3. The van der Waals surface area contributed by atoms with E-state index in [1.54, 1.807) is 31.0 Å². The monoisotopic (exact) mass is 274 g/mol. The minimum atomic E-state index is -1.06. The highest BCUT2D eigenvalue weighted by molar-refractivity contribution is 5.94. The first kappa shape index (κ1) is 13.7. The zero-order valence-electron chi connectivity index (χ0n) is 11.1. The largest absolute Gasteiger partial charge is 0.478 e. The van der Waals surface area contributed by atoms with E-state index in [1.807, 2.05) is 0 Å². The quantitative estimate of drug-likeness (QED) is 0.857. The molecule has 7 nitrogen and oxygen atoms in total. The van der Waals surface area contributed by atoms with Crippen molar-refractivity contribution in [2.75, 3.05) is 0 Å². The molecule has 20 heavy (non-hydrogen) atoms. The van der Waals surface area contributed by atoms with Gasteiger partial charge in [0, 0.05) is 25.4 Å². The van der Waals surface area contributed by atoms with Gasteiger partial charge in [0.05, 0.1) is 17.5 Å². The predicted octanol–water partition coefficient (Wildman–Crippen LogP) is 0.752. The molecule has 0 bridgehead atoms. The number of aromatic nitrogens is 3. The maximum absolute atomic E-state index is 11.9. The smallest absolute Gasteiger partial charge is 0.337 e. The van der Waals surface area contributed by atoms with E-state index in [0.717, 1.165) is 5.56 Å². The van der Waals surface area contributed by atoms with E-state index in [1.165, 1.54) is 12.1 Å². The molecule has 0 aliphatic carbocycles. The van der Waals surface area contributed by atoms with Gasteiger partial charge in [-0.15, -0.1) is 0 Å². The van der Waals surface area contributed by atoms with Crippen LogP contribution in [0.25, 0.3) is 0 Å². The summed E-state index contributed by atoms with van der Waals surface area (Å²) >= 11 is 0. The minimum Gasteiger partial charge on any atom is -0.478 e. The number of carbonyl (C=O) groups excluding carboxylic acids is 1. The summed E-state index contributed by atoms with van der Waals surface area (Å²) in [6, 6.07) is 2.78. The van der Waals surface area contributed by atoms with Crippen LogP contribution in [0.3, 0.4) is 0 Å². The van der Waals surface area contributed by atoms with Crippen molar-refractivity contribution >= 4 is 11.9 Å². The van der Waals surface area contributed by atoms with Crippen LogP contribution in [0, 0.1) is 6.92 Å². The Hall–Kier alpha value is -2.70. The minimum absolute atomic E-state index is 0.0915. The lowest BCUT2D eigenvalue weighted by molar-refractivity contribution is 0.0694. The lowest BCUT2D eigenvalue weighted by Crippen LogP contribution is -2.24. The van der Waals surface area contributed by atoms with Crippen molar-refractivity contribution in [1.29, 1.82) is 0 Å². The number of nitrogens with one attached hydrogen (secondary N) is 1. The molecule has 0 aliphatic rings. The lowest BCUT2D eigenvalue weighted by Gasteiger charge is -2.05. The average Bonchev–Trinajstić information content (AvgIpc) is 2.81. The van der Waals surface area contributed by atoms with Gasteiger partial charge < -0.3 is 10.4 Å². The molecule has 0 aliphatic heterocycles. The third-order valence-electron chi connectivity index (χ3n) is 2.76. The molecule has 7 heteroatoms. The fourth-order valence-corrected chi connectivity index (χ4v) is 1.75. The molecule has 0 saturated heterocycles. The fraction of sp³-hybridized carbons (Fsp3) is 0.231. The number of aryl methyl sites for hydroxylation is 2. The summed E-state index contributed by atoms with van der Waals surface area (Å²) in [5.74, 6) is -1.41. The van der Waals surface area contributed by atoms with Crippen LogP contribution in [-0.4, -0.2) is 31.7 Å². The number of hydrogen-bond acceptors (Lipinski definition) is 4. The van der Waals surface area contributed by atoms with Crippen molar-refractivity contribution in [3.63, 3.8) is 0 Å². The third kappa shape index (κ3) is 3.00. The Kier molecular flexibility index (Phi) is 3.79. The summed E-state index contributed by atoms with van der Waals surface area (Å²) in [4.78, 5) is 26.8. The molecule has 0 fully saturated rings. The number of carbonyl (C=O) groups is 2. The number of pyridine rings is 1. The molecule has 2 heterocycles. The summed E-state index contributed by atoms with van der Waals surface area (Å²) in [7, 11) is 1.79. The molecule has 1 amide bonds. The van der Waals surface area contributed by atoms with Gasteiger partial charge in [0.15, 0.2) is 0 Å². The van der Waals surface area contributed by atoms with Crippen molar-refractivity contribution in [3.05, 3.63) is 47.0 Å². The molecule has 0 unspecified atom stereocenters. The van der Waals surface area contributed by atoms with E-state index < -0.39 is 5.97 Å². The first-order chi connectivity index (χ1) is 9.47. The van der Waals surface area contributed by atoms with Gasteiger partial charge >= 0.3 is 5.97 Å². The molecule has 104 valence electrons. The number of hydrogen-bond donors (Lipinski definition) is 2. The number of carboxylic acids is 1. The van der Waals surface area contributed by atoms with Crippen LogP contribution in [0.5, 0.6) is 0 Å². The first-order valence-corrected chi connectivity index (χ1v) is 5.94. The summed E-state index contributed by atoms with van der Waals surface area (Å²) in [6.07, 6.45) is 3.46. The predicted molar refractivity (Wildman–Crippen MR) is 70.3 cm³/mol. The molecule has 0 aromatic carbocycles. The average molecular weight is 274 g/mol. The molecule has 2 aromatic heterocycles. The van der Waals surface area contributed by atoms with Crippen molar-refractivity contribution in [2.24, 2.45) is 7.05 Å². The zero-order chi connectivity index (χ0) is 14.7. The van der Waals surface area contributed by atoms with Crippen LogP contribution in [0.4, 0.5) is 0 Å². The van der Waals surface area contributed by atoms with Gasteiger partial charge in [0.25, 0.3) is 5.91 Å². The second-order valence-electron chi connectivity index (χ2n) is 4.34. The molecule has 0 atom stereocenters. The van der Waals surface area contributed by atoms with Gasteiger partial charge in [-0.25, -0.2) is 9.78 Å². The molecule has 2 rings (SSSR count). The molecule has 0 radical (unpaired) electrons. The number of aromatic carboxylic acids is 1. The number of rotatable bonds is 4. The molecule has 2 N–H and O–H groups in total. The van der Waals surface area contributed by atoms with Crippen LogP contribution in [-0.2, 0) is 13.6 Å². The Morgan fingerprint density at radius 3 is 2.70 bits per heavy atom. The van der Waals surface area contributed by atoms with Gasteiger partial charge in [-0.2, -0.15) is 5.10 Å². The maximum Gasteiger partial charge on any atom is 0.337 e. The van der Waals surface area contributed by atoms with Crippen molar-refractivity contribution < 1.29 is 14.7 Å². The van der Waals surface area contributed by atoms with Crippen LogP contribution in [0.1, 0.15) is 32.1 Å². The number of carboxylic acid groups (broad SMARTS) is 1. The van der Waals surface area contributed by atoms with Gasteiger partial charge in [0.1, 0.15) is 5.69 Å². The Labute approximate surface area is 115 Å². The Bertz CT molecular complexity index is 663. The van der Waals surface area contributed by atoms with E-state index >= 15 is 0 Å². The highest BCUT2D eigenvalue weighted by Gasteiger charge is 2.13. The number of amides is 1. The highest BCUT2D eigenvalue weighted by Crippen LogP contribution is 2.07. The molecule has 0 spiro atoms. The lowest BCUT2D eigenvalue weighted by atomic mass is 10.2. The van der Waals surface area contributed by atoms with Crippen molar-refractivity contribution in [3.8, 4) is 0 Å². The van der Waals surface area contributed by atoms with Gasteiger partial charge in [-0.05, 0) is 19.1 Å². The summed E-state index contributed by atoms with van der Waals surface area (Å²) in [5.41, 5.74) is 1.47. The second kappa shape index (κ2) is 5.52. The van der Waals surface area contributed by atoms with E-state index in [2.05, 4.69) is 15.4 Å². The van der Waals surface area contributed by atoms with Crippen molar-refractivity contribution in [2.45, 2.75) is 13.5 Å². The Balaban J connectivity index is 2.06. The molecular formula is C13H14N4O3. The molecule has 2 aromatic rings. The van der Waals surface area contributed by atoms with Gasteiger partial charge in [-0.3, -0.25) is 9.48 Å². The SMILES string of the molecule is Cc1nc(C(=O)NCc2cnn(C)c2)ccc1C(=O)O. The second-order valence-corrected chi connectivity index (χ2v) is 4.34. The Morgan fingerprint density at radius 1 is 1.40 bits per heavy atom. The Morgan fingerprint density at radius 2 is 2.15 bits per heavy atom. The highest BCUT2D eigenvalue weighted by atomic mass is 16.4. The van der Waals surface area contributed by atoms with E-state index in [4.69, 9.17) is 5.11 Å². The summed E-state index contributed by atoms with van der Waals surface area (Å²) in [5, 5.41) is 15.6. The van der Waals surface area contributed by atoms with Crippen LogP contribution >= 0.6 is 0 Å². The molecule has 0 saturated carbocycles. The van der Waals surface area contributed by atoms with E-state index in [9.17, 15) is 9.59 Å². The summed E-state index contributed by atoms with van der Waals surface area (Å²) in [6.45, 7) is 1.90. The third-order valence-corrected chi connectivity index (χ3v) is 2.76. The topological polar surface area (TPSA) is 97.1 Å². The maximum atomic E-state index is 11.9. The first-order valence-electron chi connectivity index (χ1n) is 5.94. The standard InChI is InChI=1S/C13H14N4O3/c1-8-10(13(19)20)3-4-11(16-8)12(18)14-5-9-6-15-17(2)7-9/h3-4,6-7H,5H2,1-2H3,(H,14,18)(H,19,20). The fourth-order valence-electron chi connectivity index (χ4n) is 1.75. The van der Waals surface area contributed by atoms with Crippen molar-refractivity contribution in [1.82, 2.24) is 20.1 Å². The van der Waals surface area contributed by atoms with Crippen LogP contribution in [0.15, 0.2) is 24.5 Å². The van der Waals surface area contributed by atoms with Crippen LogP contribution < -0.4 is 5.32 Å². The van der Waals surface area contributed by atoms with Crippen LogP contribution in [0.2, 0.25) is 0 Å². The normalized spacial score (nSPS) is 10.3. The van der Waals surface area contributed by atoms with Gasteiger partial charge in [-0.1, -0.05) is 0 Å². The van der Waals surface area contributed by atoms with E-state index in [0.29, 0.717) is 12.2 Å². The zero-order valence-corrected chi connectivity index (χ0v) is 11.1. The molecular weight excluding hydrogens is 260 g/mol. The van der Waals surface area contributed by atoms with E-state index in [-0.39, 0.29) is 17.2 Å².